The topological polar surface area (TPSA) is 41.3 Å². The summed E-state index contributed by atoms with van der Waals surface area (Å²) in [5, 5.41) is 5.56. The highest BCUT2D eigenvalue weighted by Gasteiger charge is 2.07. The summed E-state index contributed by atoms with van der Waals surface area (Å²) in [7, 11) is 0. The van der Waals surface area contributed by atoms with Gasteiger partial charge in [0.2, 0.25) is 0 Å². The SMILES string of the molecule is CCN(CC)CC(C)NCc1sccc1N. The molecule has 0 fully saturated rings. The van der Waals surface area contributed by atoms with E-state index in [0.717, 1.165) is 31.9 Å². The van der Waals surface area contributed by atoms with Crippen molar-refractivity contribution in [3.8, 4) is 0 Å². The largest absolute Gasteiger partial charge is 0.398 e. The van der Waals surface area contributed by atoms with Crippen LogP contribution in [0.4, 0.5) is 5.69 Å². The molecule has 1 heterocycles. The number of hydrogen-bond donors (Lipinski definition) is 2. The van der Waals surface area contributed by atoms with Crippen LogP contribution in [0.25, 0.3) is 0 Å². The number of thiophene rings is 1. The summed E-state index contributed by atoms with van der Waals surface area (Å²) in [6, 6.07) is 2.47. The molecule has 0 saturated heterocycles. The van der Waals surface area contributed by atoms with Gasteiger partial charge in [-0.05, 0) is 31.5 Å². The number of nitrogen functional groups attached to an aromatic ring is 1. The highest BCUT2D eigenvalue weighted by Crippen LogP contribution is 2.18. The number of hydrogen-bond acceptors (Lipinski definition) is 4. The maximum absolute atomic E-state index is 5.84. The first-order valence-corrected chi connectivity index (χ1v) is 6.82. The van der Waals surface area contributed by atoms with Crippen molar-refractivity contribution in [3.05, 3.63) is 16.3 Å². The Morgan fingerprint density at radius 2 is 2.12 bits per heavy atom. The maximum Gasteiger partial charge on any atom is 0.0468 e. The molecule has 0 saturated carbocycles. The lowest BCUT2D eigenvalue weighted by molar-refractivity contribution is 0.271. The Labute approximate surface area is 103 Å². The number of nitrogens with zero attached hydrogens (tertiary/aromatic N) is 1. The second-order valence-corrected chi connectivity index (χ2v) is 5.07. The normalized spacial score (nSPS) is 13.2. The molecule has 92 valence electrons. The minimum absolute atomic E-state index is 0.501. The van der Waals surface area contributed by atoms with Crippen LogP contribution in [0.1, 0.15) is 25.6 Å². The van der Waals surface area contributed by atoms with E-state index in [-0.39, 0.29) is 0 Å². The second kappa shape index (κ2) is 6.89. The highest BCUT2D eigenvalue weighted by atomic mass is 32.1. The molecule has 0 aliphatic carbocycles. The van der Waals surface area contributed by atoms with Crippen molar-refractivity contribution in [1.29, 1.82) is 0 Å². The van der Waals surface area contributed by atoms with Gasteiger partial charge in [0.25, 0.3) is 0 Å². The molecular formula is C12H23N3S. The molecule has 1 unspecified atom stereocenters. The fraction of sp³-hybridized carbons (Fsp3) is 0.667. The first-order valence-electron chi connectivity index (χ1n) is 5.94. The van der Waals surface area contributed by atoms with Gasteiger partial charge in [-0.2, -0.15) is 0 Å². The zero-order chi connectivity index (χ0) is 12.0. The van der Waals surface area contributed by atoms with Crippen LogP contribution < -0.4 is 11.1 Å². The predicted octanol–water partition coefficient (Wildman–Crippen LogP) is 2.15. The van der Waals surface area contributed by atoms with E-state index in [9.17, 15) is 0 Å². The Kier molecular flexibility index (Phi) is 5.80. The van der Waals surface area contributed by atoms with Crippen molar-refractivity contribution in [1.82, 2.24) is 10.2 Å². The minimum atomic E-state index is 0.501. The molecular weight excluding hydrogens is 218 g/mol. The van der Waals surface area contributed by atoms with Crippen LogP contribution in [0.2, 0.25) is 0 Å². The van der Waals surface area contributed by atoms with Crippen LogP contribution in [-0.2, 0) is 6.54 Å². The molecule has 3 nitrogen and oxygen atoms in total. The molecule has 3 N–H and O–H groups in total. The summed E-state index contributed by atoms with van der Waals surface area (Å²) in [5.41, 5.74) is 6.75. The predicted molar refractivity (Wildman–Crippen MR) is 72.8 cm³/mol. The fourth-order valence-corrected chi connectivity index (χ4v) is 2.44. The minimum Gasteiger partial charge on any atom is -0.398 e. The van der Waals surface area contributed by atoms with Gasteiger partial charge in [0.1, 0.15) is 0 Å². The van der Waals surface area contributed by atoms with E-state index >= 15 is 0 Å². The molecule has 0 aliphatic heterocycles. The van der Waals surface area contributed by atoms with Gasteiger partial charge in [0.15, 0.2) is 0 Å². The van der Waals surface area contributed by atoms with Crippen LogP contribution in [0, 0.1) is 0 Å². The van der Waals surface area contributed by atoms with E-state index in [1.165, 1.54) is 4.88 Å². The van der Waals surface area contributed by atoms with Crippen molar-refractivity contribution >= 4 is 17.0 Å². The Bertz CT molecular complexity index is 294. The maximum atomic E-state index is 5.84. The van der Waals surface area contributed by atoms with E-state index in [2.05, 4.69) is 31.0 Å². The average Bonchev–Trinajstić information content (AvgIpc) is 2.69. The molecule has 4 heteroatoms. The summed E-state index contributed by atoms with van der Waals surface area (Å²) in [6.45, 7) is 10.8. The zero-order valence-corrected chi connectivity index (χ0v) is 11.3. The third-order valence-corrected chi connectivity index (χ3v) is 3.75. The molecule has 0 bridgehead atoms. The number of likely N-dealkylation sites (N-methyl/N-ethyl adjacent to an activating group) is 1. The van der Waals surface area contributed by atoms with Crippen molar-refractivity contribution in [2.75, 3.05) is 25.4 Å². The van der Waals surface area contributed by atoms with E-state index < -0.39 is 0 Å². The number of nitrogens with two attached hydrogens (primary N) is 1. The molecule has 16 heavy (non-hydrogen) atoms. The average molecular weight is 241 g/mol. The molecule has 0 amide bonds. The Morgan fingerprint density at radius 3 is 2.62 bits per heavy atom. The standard InChI is InChI=1S/C12H23N3S/c1-4-15(5-2)9-10(3)14-8-12-11(13)6-7-16-12/h6-7,10,14H,4-5,8-9,13H2,1-3H3. The Morgan fingerprint density at radius 1 is 1.44 bits per heavy atom. The quantitative estimate of drug-likeness (QED) is 0.768. The van der Waals surface area contributed by atoms with Gasteiger partial charge >= 0.3 is 0 Å². The molecule has 1 aromatic heterocycles. The third-order valence-electron chi connectivity index (χ3n) is 2.82. The van der Waals surface area contributed by atoms with Gasteiger partial charge in [-0.1, -0.05) is 13.8 Å². The van der Waals surface area contributed by atoms with Crippen LogP contribution in [0.15, 0.2) is 11.4 Å². The highest BCUT2D eigenvalue weighted by molar-refractivity contribution is 7.10. The van der Waals surface area contributed by atoms with Gasteiger partial charge in [-0.15, -0.1) is 11.3 Å². The Hall–Kier alpha value is -0.580. The lowest BCUT2D eigenvalue weighted by Crippen LogP contribution is -2.38. The van der Waals surface area contributed by atoms with E-state index in [1.807, 2.05) is 11.4 Å². The van der Waals surface area contributed by atoms with Crippen molar-refractivity contribution in [2.45, 2.75) is 33.4 Å². The zero-order valence-electron chi connectivity index (χ0n) is 10.5. The first kappa shape index (κ1) is 13.5. The lowest BCUT2D eigenvalue weighted by Gasteiger charge is -2.23. The first-order chi connectivity index (χ1) is 7.67. The van der Waals surface area contributed by atoms with E-state index in [1.54, 1.807) is 11.3 Å². The van der Waals surface area contributed by atoms with Crippen molar-refractivity contribution in [2.24, 2.45) is 0 Å². The number of nitrogens with one attached hydrogen (secondary N) is 1. The summed E-state index contributed by atoms with van der Waals surface area (Å²) >= 11 is 1.72. The van der Waals surface area contributed by atoms with Crippen LogP contribution >= 0.6 is 11.3 Å². The Balaban J connectivity index is 2.30. The van der Waals surface area contributed by atoms with Crippen LogP contribution in [-0.4, -0.2) is 30.6 Å². The van der Waals surface area contributed by atoms with Crippen molar-refractivity contribution < 1.29 is 0 Å². The van der Waals surface area contributed by atoms with Gasteiger partial charge in [-0.3, -0.25) is 0 Å². The molecule has 0 aliphatic rings. The van der Waals surface area contributed by atoms with Gasteiger partial charge in [0.05, 0.1) is 0 Å². The summed E-state index contributed by atoms with van der Waals surface area (Å²) < 4.78 is 0. The molecule has 1 atom stereocenters. The van der Waals surface area contributed by atoms with E-state index in [0.29, 0.717) is 6.04 Å². The van der Waals surface area contributed by atoms with Crippen LogP contribution in [0.3, 0.4) is 0 Å². The fourth-order valence-electron chi connectivity index (χ4n) is 1.69. The third kappa shape index (κ3) is 4.12. The van der Waals surface area contributed by atoms with Gasteiger partial charge in [-0.25, -0.2) is 0 Å². The van der Waals surface area contributed by atoms with E-state index in [4.69, 9.17) is 5.73 Å². The monoisotopic (exact) mass is 241 g/mol. The van der Waals surface area contributed by atoms with Gasteiger partial charge < -0.3 is 16.0 Å². The number of rotatable bonds is 7. The summed E-state index contributed by atoms with van der Waals surface area (Å²) in [5.74, 6) is 0. The second-order valence-electron chi connectivity index (χ2n) is 4.07. The smallest absolute Gasteiger partial charge is 0.0468 e. The summed E-state index contributed by atoms with van der Waals surface area (Å²) in [6.07, 6.45) is 0. The van der Waals surface area contributed by atoms with Crippen molar-refractivity contribution in [3.63, 3.8) is 0 Å². The lowest BCUT2D eigenvalue weighted by atomic mass is 10.3. The number of anilines is 1. The molecule has 1 rings (SSSR count). The summed E-state index contributed by atoms with van der Waals surface area (Å²) in [4.78, 5) is 3.67. The van der Waals surface area contributed by atoms with Gasteiger partial charge in [0, 0.05) is 29.7 Å². The van der Waals surface area contributed by atoms with Crippen LogP contribution in [0.5, 0.6) is 0 Å². The molecule has 0 spiro atoms. The molecule has 1 aromatic rings. The molecule has 0 radical (unpaired) electrons. The molecule has 0 aromatic carbocycles.